The predicted octanol–water partition coefficient (Wildman–Crippen LogP) is 2.57. The van der Waals surface area contributed by atoms with Gasteiger partial charge < -0.3 is 19.0 Å². The second-order valence-electron chi connectivity index (χ2n) is 7.18. The lowest BCUT2D eigenvalue weighted by Crippen LogP contribution is -2.50. The monoisotopic (exact) mass is 394 g/mol. The van der Waals surface area contributed by atoms with Crippen LogP contribution in [-0.4, -0.2) is 58.1 Å². The van der Waals surface area contributed by atoms with E-state index in [0.29, 0.717) is 11.5 Å². The smallest absolute Gasteiger partial charge is 0.330 e. The van der Waals surface area contributed by atoms with Gasteiger partial charge in [-0.2, -0.15) is 0 Å². The first kappa shape index (κ1) is 19.8. The zero-order chi connectivity index (χ0) is 19.6. The number of likely N-dealkylation sites (tertiary alicyclic amines) is 1. The Morgan fingerprint density at radius 1 is 1.22 bits per heavy atom. The van der Waals surface area contributed by atoms with E-state index >= 15 is 0 Å². The van der Waals surface area contributed by atoms with Crippen LogP contribution >= 0.6 is 11.8 Å². The highest BCUT2D eigenvalue weighted by Crippen LogP contribution is 2.41. The summed E-state index contributed by atoms with van der Waals surface area (Å²) in [5, 5.41) is -0.354. The molecule has 8 heteroatoms. The summed E-state index contributed by atoms with van der Waals surface area (Å²) in [6, 6.07) is 3.12. The molecule has 148 valence electrons. The third-order valence-electron chi connectivity index (χ3n) is 5.24. The molecule has 7 nitrogen and oxygen atoms in total. The molecule has 3 heterocycles. The van der Waals surface area contributed by atoms with Crippen molar-refractivity contribution < 1.29 is 23.5 Å². The second-order valence-corrected chi connectivity index (χ2v) is 8.29. The van der Waals surface area contributed by atoms with E-state index in [2.05, 4.69) is 0 Å². The van der Waals surface area contributed by atoms with Gasteiger partial charge in [0.05, 0.1) is 6.26 Å². The summed E-state index contributed by atoms with van der Waals surface area (Å²) in [6.07, 6.45) is 4.57. The number of furan rings is 1. The lowest BCUT2D eigenvalue weighted by Gasteiger charge is -2.39. The molecule has 4 atom stereocenters. The number of piperidine rings is 1. The van der Waals surface area contributed by atoms with Crippen LogP contribution in [0.4, 0.5) is 0 Å². The lowest BCUT2D eigenvalue weighted by molar-refractivity contribution is -0.160. The van der Waals surface area contributed by atoms with E-state index in [1.165, 1.54) is 23.6 Å². The number of esters is 1. The number of carbonyl (C=O) groups is 3. The van der Waals surface area contributed by atoms with Gasteiger partial charge in [0.15, 0.2) is 6.61 Å². The molecule has 27 heavy (non-hydrogen) atoms. The molecule has 3 rings (SSSR count). The fourth-order valence-corrected chi connectivity index (χ4v) is 5.36. The first-order valence-electron chi connectivity index (χ1n) is 9.32. The third kappa shape index (κ3) is 4.15. The molecular weight excluding hydrogens is 368 g/mol. The first-order valence-corrected chi connectivity index (χ1v) is 10.4. The molecule has 2 amide bonds. The minimum Gasteiger partial charge on any atom is -0.466 e. The van der Waals surface area contributed by atoms with E-state index in [1.54, 1.807) is 18.4 Å². The van der Waals surface area contributed by atoms with Crippen LogP contribution in [-0.2, 0) is 19.1 Å². The average Bonchev–Trinajstić information content (AvgIpc) is 3.28. The number of nitrogens with zero attached hydrogens (tertiary/aromatic N) is 2. The zero-order valence-corrected chi connectivity index (χ0v) is 16.7. The molecule has 0 saturated carbocycles. The van der Waals surface area contributed by atoms with Gasteiger partial charge in [0.2, 0.25) is 5.91 Å². The number of hydrogen-bond donors (Lipinski definition) is 0. The van der Waals surface area contributed by atoms with Crippen molar-refractivity contribution in [1.82, 2.24) is 9.80 Å². The van der Waals surface area contributed by atoms with E-state index in [1.807, 2.05) is 18.7 Å². The number of carbonyl (C=O) groups excluding carboxylic acids is 3. The fraction of sp³-hybridized carbons (Fsp3) is 0.632. The molecule has 2 fully saturated rings. The lowest BCUT2D eigenvalue weighted by atomic mass is 9.97. The minimum absolute atomic E-state index is 0.152. The maximum Gasteiger partial charge on any atom is 0.330 e. The number of ether oxygens (including phenoxy) is 1. The number of rotatable bonds is 4. The molecule has 0 radical (unpaired) electrons. The van der Waals surface area contributed by atoms with Gasteiger partial charge in [-0.25, -0.2) is 4.79 Å². The van der Waals surface area contributed by atoms with E-state index < -0.39 is 12.0 Å². The summed E-state index contributed by atoms with van der Waals surface area (Å²) >= 11 is 1.45. The van der Waals surface area contributed by atoms with Crippen molar-refractivity contribution in [2.75, 3.05) is 12.4 Å². The van der Waals surface area contributed by atoms with E-state index in [-0.39, 0.29) is 35.9 Å². The van der Waals surface area contributed by atoms with Crippen molar-refractivity contribution in [1.29, 1.82) is 0 Å². The highest BCUT2D eigenvalue weighted by atomic mass is 32.2. The zero-order valence-electron chi connectivity index (χ0n) is 15.9. The van der Waals surface area contributed by atoms with Crippen LogP contribution in [0.15, 0.2) is 22.8 Å². The van der Waals surface area contributed by atoms with Crippen LogP contribution in [0.1, 0.15) is 51.2 Å². The van der Waals surface area contributed by atoms with Gasteiger partial charge in [0.1, 0.15) is 17.2 Å². The molecule has 1 aromatic heterocycles. The Hall–Kier alpha value is -1.96. The number of hydrogen-bond acceptors (Lipinski definition) is 6. The van der Waals surface area contributed by atoms with Gasteiger partial charge in [-0.05, 0) is 45.2 Å². The van der Waals surface area contributed by atoms with E-state index in [9.17, 15) is 14.4 Å². The van der Waals surface area contributed by atoms with Gasteiger partial charge in [-0.3, -0.25) is 9.59 Å². The molecule has 0 N–H and O–H groups in total. The molecule has 1 aromatic rings. The van der Waals surface area contributed by atoms with Gasteiger partial charge in [0, 0.05) is 24.8 Å². The maximum atomic E-state index is 12.6. The standard InChI is InChI=1S/C19H26N2O5S/c1-12-6-4-7-13(2)20(12)17(23)10-26-19(24)15-11-27-18(21(15)14(3)22)16-8-5-9-25-16/h5,8-9,12-13,15,18H,4,6-7,10-11H2,1-3H3/t12-,13+,15-,18+/m0/s1. The normalized spacial score (nSPS) is 28.3. The van der Waals surface area contributed by atoms with Crippen LogP contribution in [0, 0.1) is 0 Å². The van der Waals surface area contributed by atoms with Crippen LogP contribution in [0.25, 0.3) is 0 Å². The average molecular weight is 394 g/mol. The van der Waals surface area contributed by atoms with Crippen LogP contribution in [0.3, 0.4) is 0 Å². The Bertz CT molecular complexity index is 682. The summed E-state index contributed by atoms with van der Waals surface area (Å²) in [4.78, 5) is 40.6. The molecule has 0 unspecified atom stereocenters. The van der Waals surface area contributed by atoms with Crippen molar-refractivity contribution >= 4 is 29.5 Å². The molecule has 0 aromatic carbocycles. The topological polar surface area (TPSA) is 80.1 Å². The molecule has 0 spiro atoms. The van der Waals surface area contributed by atoms with Crippen LogP contribution in [0.2, 0.25) is 0 Å². The van der Waals surface area contributed by atoms with Crippen molar-refractivity contribution in [2.24, 2.45) is 0 Å². The highest BCUT2D eigenvalue weighted by Gasteiger charge is 2.43. The predicted molar refractivity (Wildman–Crippen MR) is 101 cm³/mol. The van der Waals surface area contributed by atoms with E-state index in [0.717, 1.165) is 19.3 Å². The van der Waals surface area contributed by atoms with Crippen molar-refractivity contribution in [3.05, 3.63) is 24.2 Å². The van der Waals surface area contributed by atoms with Gasteiger partial charge in [-0.1, -0.05) is 0 Å². The summed E-state index contributed by atoms with van der Waals surface area (Å²) in [5.74, 6) is 0.0858. The Kier molecular flexibility index (Phi) is 6.14. The highest BCUT2D eigenvalue weighted by molar-refractivity contribution is 7.99. The molecule has 2 aliphatic heterocycles. The summed E-state index contributed by atoms with van der Waals surface area (Å²) in [7, 11) is 0. The first-order chi connectivity index (χ1) is 12.9. The summed E-state index contributed by atoms with van der Waals surface area (Å²) < 4.78 is 10.7. The molecule has 0 aliphatic carbocycles. The van der Waals surface area contributed by atoms with Crippen molar-refractivity contribution in [2.45, 2.75) is 63.5 Å². The maximum absolute atomic E-state index is 12.6. The third-order valence-corrected chi connectivity index (χ3v) is 6.53. The molecule has 2 aliphatic rings. The fourth-order valence-electron chi connectivity index (χ4n) is 3.94. The van der Waals surface area contributed by atoms with Crippen molar-refractivity contribution in [3.8, 4) is 0 Å². The van der Waals surface area contributed by atoms with Gasteiger partial charge >= 0.3 is 5.97 Å². The van der Waals surface area contributed by atoms with Gasteiger partial charge in [0.25, 0.3) is 5.91 Å². The SMILES string of the molecule is CC(=O)N1[C@@H](c2ccco2)SC[C@H]1C(=O)OCC(=O)N1[C@H](C)CCC[C@@H]1C. The molecule has 2 saturated heterocycles. The Morgan fingerprint density at radius 3 is 2.52 bits per heavy atom. The molecular formula is C19H26N2O5S. The van der Waals surface area contributed by atoms with E-state index in [4.69, 9.17) is 9.15 Å². The van der Waals surface area contributed by atoms with Crippen LogP contribution < -0.4 is 0 Å². The largest absolute Gasteiger partial charge is 0.466 e. The minimum atomic E-state index is -0.716. The Labute approximate surface area is 163 Å². The van der Waals surface area contributed by atoms with Crippen molar-refractivity contribution in [3.63, 3.8) is 0 Å². The van der Waals surface area contributed by atoms with Gasteiger partial charge in [-0.15, -0.1) is 11.8 Å². The quantitative estimate of drug-likeness (QED) is 0.730. The Morgan fingerprint density at radius 2 is 1.93 bits per heavy atom. The summed E-state index contributed by atoms with van der Waals surface area (Å²) in [6.45, 7) is 5.18. The molecule has 0 bridgehead atoms. The number of amides is 2. The van der Waals surface area contributed by atoms with Crippen LogP contribution in [0.5, 0.6) is 0 Å². The number of thioether (sulfide) groups is 1. The summed E-state index contributed by atoms with van der Waals surface area (Å²) in [5.41, 5.74) is 0. The Balaban J connectivity index is 1.62. The second kappa shape index (κ2) is 8.37.